The largest absolute Gasteiger partial charge is 0.302 e. The number of rotatable bonds is 3. The van der Waals surface area contributed by atoms with Gasteiger partial charge in [-0.15, -0.1) is 11.6 Å². The van der Waals surface area contributed by atoms with Crippen LogP contribution in [0.2, 0.25) is 0 Å². The number of benzene rings is 1. The Morgan fingerprint density at radius 1 is 1.12 bits per heavy atom. The summed E-state index contributed by atoms with van der Waals surface area (Å²) in [6, 6.07) is 8.58. The molecule has 1 aromatic rings. The van der Waals surface area contributed by atoms with Gasteiger partial charge in [-0.25, -0.2) is 0 Å². The fraction of sp³-hybridized carbons (Fsp3) is 0.571. The molecule has 1 saturated heterocycles. The normalized spacial score (nSPS) is 19.6. The molecule has 0 radical (unpaired) electrons. The maximum absolute atomic E-state index is 6.45. The third-order valence-electron chi connectivity index (χ3n) is 3.31. The smallest absolute Gasteiger partial charge is 0.0712 e. The van der Waals surface area contributed by atoms with Crippen molar-refractivity contribution in [1.82, 2.24) is 4.90 Å². The van der Waals surface area contributed by atoms with Gasteiger partial charge < -0.3 is 4.90 Å². The zero-order valence-electron chi connectivity index (χ0n) is 9.95. The molecule has 1 aliphatic rings. The number of likely N-dealkylation sites (tertiary alicyclic amines) is 1. The molecule has 0 bridgehead atoms. The molecule has 0 aliphatic carbocycles. The highest BCUT2D eigenvalue weighted by molar-refractivity contribution is 6.21. The minimum atomic E-state index is 0.138. The first-order chi connectivity index (χ1) is 7.75. The van der Waals surface area contributed by atoms with Gasteiger partial charge in [0.2, 0.25) is 0 Å². The molecule has 0 saturated carbocycles. The maximum Gasteiger partial charge on any atom is 0.0712 e. The number of halogens is 1. The molecule has 1 fully saturated rings. The van der Waals surface area contributed by atoms with Crippen molar-refractivity contribution in [3.05, 3.63) is 35.4 Å². The van der Waals surface area contributed by atoms with Gasteiger partial charge in [0.1, 0.15) is 0 Å². The molecule has 1 aliphatic heterocycles. The van der Waals surface area contributed by atoms with Gasteiger partial charge in [-0.2, -0.15) is 0 Å². The van der Waals surface area contributed by atoms with Crippen LogP contribution in [0.3, 0.4) is 0 Å². The van der Waals surface area contributed by atoms with Crippen molar-refractivity contribution in [2.75, 3.05) is 19.6 Å². The van der Waals surface area contributed by atoms with E-state index in [2.05, 4.69) is 36.1 Å². The second-order valence-corrected chi connectivity index (χ2v) is 5.27. The average Bonchev–Trinajstić information content (AvgIpc) is 2.31. The van der Waals surface area contributed by atoms with Crippen molar-refractivity contribution in [1.29, 1.82) is 0 Å². The number of nitrogens with zero attached hydrogens (tertiary/aromatic N) is 1. The molecule has 1 heterocycles. The molecule has 1 atom stereocenters. The molecule has 0 amide bonds. The van der Waals surface area contributed by atoms with E-state index in [0.717, 1.165) is 6.54 Å². The average molecular weight is 238 g/mol. The second kappa shape index (κ2) is 5.70. The zero-order valence-corrected chi connectivity index (χ0v) is 10.7. The van der Waals surface area contributed by atoms with Crippen LogP contribution in [0.15, 0.2) is 24.3 Å². The van der Waals surface area contributed by atoms with Gasteiger partial charge >= 0.3 is 0 Å². The molecule has 0 spiro atoms. The van der Waals surface area contributed by atoms with Crippen LogP contribution >= 0.6 is 11.6 Å². The standard InChI is InChI=1S/C14H20ClN/c1-12-5-7-13(8-6-12)14(15)11-16-9-3-2-4-10-16/h5-8,14H,2-4,9-11H2,1H3. The first kappa shape index (κ1) is 11.9. The number of aryl methyl sites for hydroxylation is 1. The fourth-order valence-electron chi connectivity index (χ4n) is 2.25. The molecular weight excluding hydrogens is 218 g/mol. The van der Waals surface area contributed by atoms with Crippen molar-refractivity contribution in [3.63, 3.8) is 0 Å². The van der Waals surface area contributed by atoms with Gasteiger partial charge in [0, 0.05) is 6.54 Å². The molecule has 2 rings (SSSR count). The van der Waals surface area contributed by atoms with Crippen molar-refractivity contribution in [3.8, 4) is 0 Å². The highest BCUT2D eigenvalue weighted by atomic mass is 35.5. The number of hydrogen-bond donors (Lipinski definition) is 0. The third kappa shape index (κ3) is 3.23. The van der Waals surface area contributed by atoms with E-state index in [1.807, 2.05) is 0 Å². The molecule has 0 aromatic heterocycles. The monoisotopic (exact) mass is 237 g/mol. The van der Waals surface area contributed by atoms with Crippen molar-refractivity contribution in [2.45, 2.75) is 31.6 Å². The molecule has 2 heteroatoms. The summed E-state index contributed by atoms with van der Waals surface area (Å²) in [7, 11) is 0. The third-order valence-corrected chi connectivity index (χ3v) is 3.70. The number of hydrogen-bond acceptors (Lipinski definition) is 1. The maximum atomic E-state index is 6.45. The Hall–Kier alpha value is -0.530. The topological polar surface area (TPSA) is 3.24 Å². The van der Waals surface area contributed by atoms with E-state index >= 15 is 0 Å². The predicted molar refractivity (Wildman–Crippen MR) is 70.1 cm³/mol. The van der Waals surface area contributed by atoms with Crippen molar-refractivity contribution < 1.29 is 0 Å². The molecule has 16 heavy (non-hydrogen) atoms. The van der Waals surface area contributed by atoms with E-state index in [1.165, 1.54) is 43.5 Å². The van der Waals surface area contributed by atoms with E-state index in [1.54, 1.807) is 0 Å². The molecule has 1 nitrogen and oxygen atoms in total. The molecule has 0 N–H and O–H groups in total. The van der Waals surface area contributed by atoms with Gasteiger partial charge in [-0.3, -0.25) is 0 Å². The van der Waals surface area contributed by atoms with E-state index in [4.69, 9.17) is 11.6 Å². The van der Waals surface area contributed by atoms with E-state index in [0.29, 0.717) is 0 Å². The summed E-state index contributed by atoms with van der Waals surface area (Å²) in [6.45, 7) is 5.53. The summed E-state index contributed by atoms with van der Waals surface area (Å²) in [4.78, 5) is 2.49. The Labute approximate surface area is 103 Å². The first-order valence-electron chi connectivity index (χ1n) is 6.19. The van der Waals surface area contributed by atoms with Gasteiger partial charge in [0.15, 0.2) is 0 Å². The quantitative estimate of drug-likeness (QED) is 0.724. The highest BCUT2D eigenvalue weighted by Gasteiger charge is 2.15. The summed E-state index contributed by atoms with van der Waals surface area (Å²) in [5, 5.41) is 0.138. The lowest BCUT2D eigenvalue weighted by molar-refractivity contribution is 0.229. The van der Waals surface area contributed by atoms with Crippen LogP contribution in [0, 0.1) is 6.92 Å². The summed E-state index contributed by atoms with van der Waals surface area (Å²) in [5.41, 5.74) is 2.54. The fourth-order valence-corrected chi connectivity index (χ4v) is 2.59. The van der Waals surface area contributed by atoms with Gasteiger partial charge in [-0.05, 0) is 38.4 Å². The second-order valence-electron chi connectivity index (χ2n) is 4.74. The molecule has 1 unspecified atom stereocenters. The minimum Gasteiger partial charge on any atom is -0.302 e. The molecular formula is C14H20ClN. The summed E-state index contributed by atoms with van der Waals surface area (Å²) in [5.74, 6) is 0. The van der Waals surface area contributed by atoms with Crippen LogP contribution < -0.4 is 0 Å². The number of piperidine rings is 1. The Morgan fingerprint density at radius 3 is 2.38 bits per heavy atom. The summed E-state index contributed by atoms with van der Waals surface area (Å²) in [6.07, 6.45) is 4.04. The van der Waals surface area contributed by atoms with Crippen LogP contribution in [0.25, 0.3) is 0 Å². The van der Waals surface area contributed by atoms with E-state index < -0.39 is 0 Å². The minimum absolute atomic E-state index is 0.138. The Kier molecular flexibility index (Phi) is 4.25. The van der Waals surface area contributed by atoms with Gasteiger partial charge in [0.25, 0.3) is 0 Å². The van der Waals surface area contributed by atoms with Crippen LogP contribution in [-0.4, -0.2) is 24.5 Å². The predicted octanol–water partition coefficient (Wildman–Crippen LogP) is 3.76. The van der Waals surface area contributed by atoms with Crippen LogP contribution in [0.1, 0.15) is 35.8 Å². The van der Waals surface area contributed by atoms with Gasteiger partial charge in [0.05, 0.1) is 5.38 Å². The van der Waals surface area contributed by atoms with Crippen molar-refractivity contribution >= 4 is 11.6 Å². The lowest BCUT2D eigenvalue weighted by Gasteiger charge is -2.28. The van der Waals surface area contributed by atoms with Crippen LogP contribution in [0.5, 0.6) is 0 Å². The summed E-state index contributed by atoms with van der Waals surface area (Å²) < 4.78 is 0. The molecule has 1 aromatic carbocycles. The first-order valence-corrected chi connectivity index (χ1v) is 6.62. The zero-order chi connectivity index (χ0) is 11.4. The lowest BCUT2D eigenvalue weighted by Crippen LogP contribution is -2.32. The Morgan fingerprint density at radius 2 is 1.75 bits per heavy atom. The van der Waals surface area contributed by atoms with Crippen LogP contribution in [0.4, 0.5) is 0 Å². The highest BCUT2D eigenvalue weighted by Crippen LogP contribution is 2.23. The lowest BCUT2D eigenvalue weighted by atomic mass is 10.1. The molecule has 88 valence electrons. The van der Waals surface area contributed by atoms with E-state index in [9.17, 15) is 0 Å². The van der Waals surface area contributed by atoms with E-state index in [-0.39, 0.29) is 5.38 Å². The van der Waals surface area contributed by atoms with Crippen LogP contribution in [-0.2, 0) is 0 Å². The Balaban J connectivity index is 1.91. The Bertz CT molecular complexity index is 314. The SMILES string of the molecule is Cc1ccc(C(Cl)CN2CCCCC2)cc1. The van der Waals surface area contributed by atoms with Crippen molar-refractivity contribution in [2.24, 2.45) is 0 Å². The van der Waals surface area contributed by atoms with Gasteiger partial charge in [-0.1, -0.05) is 36.2 Å². The summed E-state index contributed by atoms with van der Waals surface area (Å²) >= 11 is 6.45. The number of alkyl halides is 1.